The number of carbonyl (C=O) groups excluding carboxylic acids is 3. The van der Waals surface area contributed by atoms with Crippen LogP contribution in [0.4, 0.5) is 5.69 Å². The van der Waals surface area contributed by atoms with E-state index in [1.54, 1.807) is 54.9 Å². The molecule has 11 heteroatoms. The Bertz CT molecular complexity index is 1290. The minimum absolute atomic E-state index is 0.0561. The second-order valence-electron chi connectivity index (χ2n) is 6.92. The van der Waals surface area contributed by atoms with E-state index in [9.17, 15) is 14.4 Å². The second-order valence-corrected chi connectivity index (χ2v) is 7.78. The molecular weight excluding hydrogens is 458 g/mol. The first-order valence-corrected chi connectivity index (χ1v) is 11.0. The highest BCUT2D eigenvalue weighted by atomic mass is 32.1. The Morgan fingerprint density at radius 2 is 1.88 bits per heavy atom. The number of nitrogens with one attached hydrogen (secondary N) is 1. The summed E-state index contributed by atoms with van der Waals surface area (Å²) >= 11 is 1.19. The lowest BCUT2D eigenvalue weighted by atomic mass is 10.1. The van der Waals surface area contributed by atoms with Crippen molar-refractivity contribution in [1.29, 1.82) is 0 Å². The maximum Gasteiger partial charge on any atom is 0.358 e. The maximum absolute atomic E-state index is 12.7. The predicted molar refractivity (Wildman–Crippen MR) is 123 cm³/mol. The van der Waals surface area contributed by atoms with Gasteiger partial charge in [-0.25, -0.2) is 19.7 Å². The highest BCUT2D eigenvalue weighted by molar-refractivity contribution is 7.13. The van der Waals surface area contributed by atoms with Crippen molar-refractivity contribution < 1.29 is 23.5 Å². The molecule has 3 heterocycles. The SMILES string of the molecule is CN(C(=O)COC(=O)c1csc(-c2ncccn2)n1)c1ccccc1C(=O)NCc1ccco1. The number of hydrogen-bond acceptors (Lipinski definition) is 9. The molecule has 2 amide bonds. The predicted octanol–water partition coefficient (Wildman–Crippen LogP) is 2.94. The summed E-state index contributed by atoms with van der Waals surface area (Å²) in [6.45, 7) is -0.314. The van der Waals surface area contributed by atoms with Crippen molar-refractivity contribution in [3.05, 3.63) is 83.5 Å². The van der Waals surface area contributed by atoms with Gasteiger partial charge in [0.05, 0.1) is 24.1 Å². The largest absolute Gasteiger partial charge is 0.467 e. The standard InChI is InChI=1S/C23H19N5O5S/c1-28(18-8-3-2-7-16(18)21(30)26-12-15-6-4-11-32-15)19(29)13-33-23(31)17-14-34-22(27-17)20-24-9-5-10-25-20/h2-11,14H,12-13H2,1H3,(H,26,30). The molecule has 0 unspecified atom stereocenters. The molecular formula is C23H19N5O5S. The Kier molecular flexibility index (Phi) is 7.04. The van der Waals surface area contributed by atoms with Crippen LogP contribution in [0.5, 0.6) is 0 Å². The van der Waals surface area contributed by atoms with Crippen molar-refractivity contribution >= 4 is 34.8 Å². The van der Waals surface area contributed by atoms with Gasteiger partial charge in [-0.2, -0.15) is 0 Å². The van der Waals surface area contributed by atoms with Crippen LogP contribution < -0.4 is 10.2 Å². The van der Waals surface area contributed by atoms with Crippen molar-refractivity contribution in [1.82, 2.24) is 20.3 Å². The zero-order chi connectivity index (χ0) is 23.9. The van der Waals surface area contributed by atoms with Crippen LogP contribution in [0.1, 0.15) is 26.6 Å². The summed E-state index contributed by atoms with van der Waals surface area (Å²) in [7, 11) is 1.50. The quantitative estimate of drug-likeness (QED) is 0.384. The van der Waals surface area contributed by atoms with Gasteiger partial charge in [0.1, 0.15) is 5.76 Å². The van der Waals surface area contributed by atoms with Crippen molar-refractivity contribution in [3.8, 4) is 10.8 Å². The number of para-hydroxylation sites is 1. The number of anilines is 1. The normalized spacial score (nSPS) is 10.5. The van der Waals surface area contributed by atoms with Crippen LogP contribution in [-0.4, -0.2) is 46.4 Å². The Hall–Kier alpha value is -4.38. The number of nitrogens with zero attached hydrogens (tertiary/aromatic N) is 4. The van der Waals surface area contributed by atoms with E-state index in [0.29, 0.717) is 27.8 Å². The van der Waals surface area contributed by atoms with E-state index in [2.05, 4.69) is 20.3 Å². The van der Waals surface area contributed by atoms with E-state index in [-0.39, 0.29) is 18.1 Å². The summed E-state index contributed by atoms with van der Waals surface area (Å²) in [5.41, 5.74) is 0.724. The van der Waals surface area contributed by atoms with Gasteiger partial charge in [-0.05, 0) is 30.3 Å². The smallest absolute Gasteiger partial charge is 0.358 e. The third-order valence-electron chi connectivity index (χ3n) is 4.68. The molecule has 0 spiro atoms. The summed E-state index contributed by atoms with van der Waals surface area (Å²) in [6.07, 6.45) is 4.67. The lowest BCUT2D eigenvalue weighted by Gasteiger charge is -2.20. The molecule has 1 aromatic carbocycles. The molecule has 3 aromatic heterocycles. The van der Waals surface area contributed by atoms with Crippen molar-refractivity contribution in [2.45, 2.75) is 6.54 Å². The number of aromatic nitrogens is 3. The molecule has 172 valence electrons. The van der Waals surface area contributed by atoms with Gasteiger partial charge in [0.2, 0.25) is 0 Å². The lowest BCUT2D eigenvalue weighted by Crippen LogP contribution is -2.33. The zero-order valence-corrected chi connectivity index (χ0v) is 18.8. The third-order valence-corrected chi connectivity index (χ3v) is 5.52. The number of rotatable bonds is 8. The van der Waals surface area contributed by atoms with Gasteiger partial charge in [0.15, 0.2) is 23.1 Å². The molecule has 10 nitrogen and oxygen atoms in total. The second kappa shape index (κ2) is 10.5. The summed E-state index contributed by atoms with van der Waals surface area (Å²) in [5, 5.41) is 4.73. The number of likely N-dealkylation sites (N-methyl/N-ethyl adjacent to an activating group) is 1. The molecule has 34 heavy (non-hydrogen) atoms. The van der Waals surface area contributed by atoms with E-state index in [1.165, 1.54) is 34.9 Å². The van der Waals surface area contributed by atoms with Crippen LogP contribution in [0.15, 0.2) is 70.9 Å². The number of thiazole rings is 1. The fourth-order valence-corrected chi connectivity index (χ4v) is 3.68. The van der Waals surface area contributed by atoms with Crippen molar-refractivity contribution in [2.24, 2.45) is 0 Å². The van der Waals surface area contributed by atoms with Gasteiger partial charge < -0.3 is 19.4 Å². The molecule has 0 bridgehead atoms. The van der Waals surface area contributed by atoms with Crippen molar-refractivity contribution in [3.63, 3.8) is 0 Å². The fraction of sp³-hybridized carbons (Fsp3) is 0.130. The van der Waals surface area contributed by atoms with E-state index < -0.39 is 18.5 Å². The molecule has 0 aliphatic rings. The number of esters is 1. The number of benzene rings is 1. The summed E-state index contributed by atoms with van der Waals surface area (Å²) in [6, 6.07) is 11.8. The van der Waals surface area contributed by atoms with E-state index in [4.69, 9.17) is 9.15 Å². The molecule has 0 saturated heterocycles. The highest BCUT2D eigenvalue weighted by Crippen LogP contribution is 2.21. The maximum atomic E-state index is 12.7. The van der Waals surface area contributed by atoms with Crippen molar-refractivity contribution in [2.75, 3.05) is 18.6 Å². The van der Waals surface area contributed by atoms with Gasteiger partial charge in [-0.15, -0.1) is 11.3 Å². The topological polar surface area (TPSA) is 128 Å². The molecule has 4 aromatic rings. The minimum Gasteiger partial charge on any atom is -0.467 e. The Labute approximate surface area is 198 Å². The summed E-state index contributed by atoms with van der Waals surface area (Å²) in [5.74, 6) is -0.636. The summed E-state index contributed by atoms with van der Waals surface area (Å²) < 4.78 is 10.4. The van der Waals surface area contributed by atoms with Gasteiger partial charge >= 0.3 is 5.97 Å². The highest BCUT2D eigenvalue weighted by Gasteiger charge is 2.21. The number of hydrogen-bond donors (Lipinski definition) is 1. The number of furan rings is 1. The average molecular weight is 478 g/mol. The Morgan fingerprint density at radius 3 is 2.65 bits per heavy atom. The van der Waals surface area contributed by atoms with Gasteiger partial charge in [-0.3, -0.25) is 9.59 Å². The molecule has 0 aliphatic heterocycles. The van der Waals surface area contributed by atoms with Gasteiger partial charge in [-0.1, -0.05) is 12.1 Å². The Morgan fingerprint density at radius 1 is 1.09 bits per heavy atom. The van der Waals surface area contributed by atoms with Gasteiger partial charge in [0, 0.05) is 24.8 Å². The molecule has 4 rings (SSSR count). The van der Waals surface area contributed by atoms with Crippen LogP contribution in [0.3, 0.4) is 0 Å². The number of amides is 2. The number of carbonyl (C=O) groups is 3. The first-order chi connectivity index (χ1) is 16.5. The molecule has 0 aliphatic carbocycles. The zero-order valence-electron chi connectivity index (χ0n) is 18.0. The van der Waals surface area contributed by atoms with Crippen LogP contribution in [0.25, 0.3) is 10.8 Å². The van der Waals surface area contributed by atoms with Crippen LogP contribution >= 0.6 is 11.3 Å². The first kappa shape index (κ1) is 22.8. The Balaban J connectivity index is 1.37. The monoisotopic (exact) mass is 477 g/mol. The first-order valence-electron chi connectivity index (χ1n) is 10.1. The molecule has 0 atom stereocenters. The molecule has 1 N–H and O–H groups in total. The van der Waals surface area contributed by atoms with Gasteiger partial charge in [0.25, 0.3) is 11.8 Å². The molecule has 0 fully saturated rings. The molecule has 0 saturated carbocycles. The van der Waals surface area contributed by atoms with Crippen LogP contribution in [-0.2, 0) is 16.1 Å². The minimum atomic E-state index is -0.746. The molecule has 0 radical (unpaired) electrons. The average Bonchev–Trinajstić information content (AvgIpc) is 3.58. The fourth-order valence-electron chi connectivity index (χ4n) is 2.95. The summed E-state index contributed by atoms with van der Waals surface area (Å²) in [4.78, 5) is 51.3. The van der Waals surface area contributed by atoms with E-state index >= 15 is 0 Å². The van der Waals surface area contributed by atoms with E-state index in [1.807, 2.05) is 0 Å². The van der Waals surface area contributed by atoms with E-state index in [0.717, 1.165) is 0 Å². The van der Waals surface area contributed by atoms with Crippen LogP contribution in [0, 0.1) is 0 Å². The number of ether oxygens (including phenoxy) is 1. The third kappa shape index (κ3) is 5.33. The van der Waals surface area contributed by atoms with Crippen LogP contribution in [0.2, 0.25) is 0 Å². The lowest BCUT2D eigenvalue weighted by molar-refractivity contribution is -0.121.